The molecular weight excluding hydrogens is 1430 g/mol. The van der Waals surface area contributed by atoms with Crippen LogP contribution in [0.4, 0.5) is 5.95 Å². The van der Waals surface area contributed by atoms with Crippen LogP contribution in [0.3, 0.4) is 0 Å². The Morgan fingerprint density at radius 2 is 1.19 bits per heavy atom. The Kier molecular flexibility index (Phi) is 24.8. The number of nitrogens with zero attached hydrogens (tertiary/aromatic N) is 8. The van der Waals surface area contributed by atoms with Crippen molar-refractivity contribution in [3.8, 4) is 40.1 Å². The van der Waals surface area contributed by atoms with E-state index in [1.54, 1.807) is 35.9 Å². The molecule has 10 heterocycles. The van der Waals surface area contributed by atoms with E-state index in [2.05, 4.69) is 155 Å². The van der Waals surface area contributed by atoms with Crippen molar-refractivity contribution < 1.29 is 56.1 Å². The predicted molar refractivity (Wildman–Crippen MR) is 429 cm³/mol. The Morgan fingerprint density at radius 3 is 1.88 bits per heavy atom. The minimum absolute atomic E-state index is 0. The Balaban J connectivity index is 0.000000114. The third-order valence-electron chi connectivity index (χ3n) is 19.7. The van der Waals surface area contributed by atoms with Crippen LogP contribution in [0.1, 0.15) is 33.4 Å². The first kappa shape index (κ1) is 75.2. The number of halogens is 2. The monoisotopic (exact) mass is 1510 g/mol. The number of benzene rings is 9. The van der Waals surface area contributed by atoms with Crippen LogP contribution in [0.25, 0.3) is 28.0 Å². The Labute approximate surface area is 649 Å². The smallest absolute Gasteiger partial charge is 0.328 e. The zero-order valence-corrected chi connectivity index (χ0v) is 62.9. The van der Waals surface area contributed by atoms with E-state index in [0.29, 0.717) is 25.6 Å². The zero-order chi connectivity index (χ0) is 73.0. The van der Waals surface area contributed by atoms with Crippen molar-refractivity contribution in [2.24, 2.45) is 0 Å². The van der Waals surface area contributed by atoms with Gasteiger partial charge in [-0.3, -0.25) is 0 Å². The maximum absolute atomic E-state index is 10.3. The summed E-state index contributed by atoms with van der Waals surface area (Å²) < 4.78 is 25.4. The molecule has 6 aliphatic heterocycles. The second-order valence-corrected chi connectivity index (χ2v) is 29.5. The molecule has 1 fully saturated rings. The zero-order valence-electron chi connectivity index (χ0n) is 59.7. The normalized spacial score (nSPS) is 14.3. The van der Waals surface area contributed by atoms with Crippen molar-refractivity contribution in [1.29, 1.82) is 0 Å². The lowest BCUT2D eigenvalue weighted by molar-refractivity contribution is -0.378. The van der Waals surface area contributed by atoms with E-state index in [-0.39, 0.29) is 40.1 Å². The molecule has 18 nitrogen and oxygen atoms in total. The predicted octanol–water partition coefficient (Wildman–Crippen LogP) is 8.57. The number of aromatic amines is 2. The average molecular weight is 1510 g/mol. The summed E-state index contributed by atoms with van der Waals surface area (Å²) in [6, 6.07) is 71.1. The molecule has 0 spiro atoms. The van der Waals surface area contributed by atoms with E-state index in [0.717, 1.165) is 142 Å². The number of hydrogen-bond donors (Lipinski definition) is 4. The van der Waals surface area contributed by atoms with Crippen LogP contribution < -0.4 is 63.9 Å². The minimum Gasteiger partial charge on any atom is -1.00 e. The van der Waals surface area contributed by atoms with Gasteiger partial charge >= 0.3 is 34.6 Å². The summed E-state index contributed by atoms with van der Waals surface area (Å²) in [5.41, 5.74) is 15.9. The van der Waals surface area contributed by atoms with Gasteiger partial charge in [0, 0.05) is 85.1 Å². The molecule has 540 valence electrons. The van der Waals surface area contributed by atoms with Gasteiger partial charge in [0.15, 0.2) is 12.4 Å². The SMILES string of the molecule is CB1OCc2cccc(OCc3ccccc3)c21.CB1OCc2cccc(Oc3ccc(-c4nn[nH]n4)cc3)c21.OB1CCc2ccc(-n3cc(Sc4ccccc4)c4cc(Cl)ccc43)cc21.OB1CCc2ccc(Sc3cc[nH+]cc3)cc21.OB1CCc2cccc(ON3CCN(c4ncccn4)CC3)c21.[Cl-]. The molecule has 0 aliphatic carbocycles. The van der Waals surface area contributed by atoms with Crippen LogP contribution >= 0.6 is 35.1 Å². The lowest BCUT2D eigenvalue weighted by Gasteiger charge is -2.34. The van der Waals surface area contributed by atoms with Gasteiger partial charge in [0.2, 0.25) is 11.8 Å². The molecular formula is C81H77B5Cl2N10O8S2. The number of ether oxygens (including phenoxy) is 2. The van der Waals surface area contributed by atoms with Crippen molar-refractivity contribution in [2.45, 2.75) is 91.3 Å². The number of aryl methyl sites for hydroxylation is 3. The number of tetrazole rings is 1. The second-order valence-electron chi connectivity index (χ2n) is 26.8. The van der Waals surface area contributed by atoms with Gasteiger partial charge in [-0.1, -0.05) is 163 Å². The highest BCUT2D eigenvalue weighted by atomic mass is 35.5. The van der Waals surface area contributed by atoms with Crippen molar-refractivity contribution >= 4 is 114 Å². The van der Waals surface area contributed by atoms with Gasteiger partial charge in [0.05, 0.1) is 31.8 Å². The van der Waals surface area contributed by atoms with Crippen molar-refractivity contribution in [3.05, 3.63) is 282 Å². The van der Waals surface area contributed by atoms with E-state index in [9.17, 15) is 15.1 Å². The first-order valence-electron chi connectivity index (χ1n) is 36.2. The number of hydroxylamine groups is 2. The van der Waals surface area contributed by atoms with Gasteiger partial charge in [-0.05, 0) is 190 Å². The van der Waals surface area contributed by atoms with Crippen LogP contribution in [0.5, 0.6) is 23.0 Å². The fraction of sp³-hybridized carbons (Fsp3) is 0.185. The number of piperazine rings is 1. The Hall–Kier alpha value is -9.62. The number of pyridine rings is 1. The molecule has 0 unspecified atom stereocenters. The number of aromatic nitrogens is 8. The summed E-state index contributed by atoms with van der Waals surface area (Å²) in [6.45, 7) is 8.41. The third-order valence-corrected chi connectivity index (χ3v) is 22.0. The lowest BCUT2D eigenvalue weighted by Crippen LogP contribution is -3.00. The fourth-order valence-electron chi connectivity index (χ4n) is 14.3. The van der Waals surface area contributed by atoms with Crippen molar-refractivity contribution in [2.75, 3.05) is 31.1 Å². The van der Waals surface area contributed by atoms with Crippen LogP contribution in [0, 0.1) is 0 Å². The second kappa shape index (κ2) is 35.6. The molecule has 0 atom stereocenters. The van der Waals surface area contributed by atoms with E-state index in [4.69, 9.17) is 35.2 Å². The van der Waals surface area contributed by atoms with Gasteiger partial charge in [0.25, 0.3) is 0 Å². The van der Waals surface area contributed by atoms with Gasteiger partial charge in [0.1, 0.15) is 29.6 Å². The number of H-pyrrole nitrogens is 2. The van der Waals surface area contributed by atoms with E-state index >= 15 is 0 Å². The summed E-state index contributed by atoms with van der Waals surface area (Å²) >= 11 is 9.76. The van der Waals surface area contributed by atoms with Crippen LogP contribution in [0.15, 0.2) is 263 Å². The highest BCUT2D eigenvalue weighted by molar-refractivity contribution is 7.99. The summed E-state index contributed by atoms with van der Waals surface area (Å²) in [5, 5.41) is 48.0. The molecule has 0 saturated carbocycles. The molecule has 9 aromatic carbocycles. The summed E-state index contributed by atoms with van der Waals surface area (Å²) in [7, 11) is 0. The summed E-state index contributed by atoms with van der Waals surface area (Å²) in [5.74, 6) is 4.67. The van der Waals surface area contributed by atoms with Crippen molar-refractivity contribution in [3.63, 3.8) is 0 Å². The largest absolute Gasteiger partial charge is 1.00 e. The quantitative estimate of drug-likeness (QED) is 0.0751. The van der Waals surface area contributed by atoms with Crippen LogP contribution in [-0.2, 0) is 48.4 Å². The minimum atomic E-state index is -0.403. The molecule has 1 saturated heterocycles. The highest BCUT2D eigenvalue weighted by Crippen LogP contribution is 2.38. The molecule has 19 rings (SSSR count). The first-order chi connectivity index (χ1) is 52.5. The van der Waals surface area contributed by atoms with E-state index in [1.807, 2.05) is 140 Å². The first-order valence-corrected chi connectivity index (χ1v) is 38.2. The lowest BCUT2D eigenvalue weighted by atomic mass is 9.62. The van der Waals surface area contributed by atoms with Gasteiger partial charge in [-0.15, -0.1) is 15.3 Å². The number of hydrogen-bond acceptors (Lipinski definition) is 17. The molecule has 0 radical (unpaired) electrons. The number of anilines is 1. The van der Waals surface area contributed by atoms with Gasteiger partial charge in [-0.25, -0.2) is 15.0 Å². The highest BCUT2D eigenvalue weighted by Gasteiger charge is 2.33. The summed E-state index contributed by atoms with van der Waals surface area (Å²) in [4.78, 5) is 24.6. The molecule has 0 bridgehead atoms. The average Bonchev–Trinajstić information content (AvgIpc) is 1.62. The molecule has 5 N–H and O–H groups in total. The topological polar surface area (TPSA) is 213 Å². The number of rotatable bonds is 14. The summed E-state index contributed by atoms with van der Waals surface area (Å²) in [6.07, 6.45) is 14.9. The molecule has 108 heavy (non-hydrogen) atoms. The maximum Gasteiger partial charge on any atom is 0.328 e. The molecule has 27 heteroatoms. The number of fused-ring (bicyclic) bond motifs is 6. The van der Waals surface area contributed by atoms with E-state index in [1.165, 1.54) is 58.4 Å². The van der Waals surface area contributed by atoms with Crippen molar-refractivity contribution in [1.82, 2.24) is 40.2 Å². The molecule has 6 aliphatic rings. The molecule has 13 aromatic rings. The van der Waals surface area contributed by atoms with Gasteiger partial charge in [-0.2, -0.15) is 5.21 Å². The van der Waals surface area contributed by atoms with E-state index < -0.39 is 6.92 Å². The standard InChI is InChI=1S/C22H17BClNOS.C16H19BN4O2.C15H13BN4O2.C15H15BO2.C13H12BNOS.ClH/c24-16-7-9-21-19(12-16)22(27-18-4-2-1-3-5-18)14-25(21)17-8-6-15-10-11-23(26)20(15)13-17;22-17-6-5-13-3-1-4-14(15(13)17)23-21-11-9-20(10-12-21)16-18-7-2-8-19-16;1-16-14-11(9-21-16)3-2-4-13(14)22-12-7-5-10(6-8-12)15-17-19-20-18-15;1-16-15-13(11-18-16)8-5-9-14(15)17-10-12-6-3-2-4-7-12;16-14-6-3-10-1-2-12(9-13(10)14)17-11-4-7-15-8-5-11;/h1-9,12-14,26H,10-11H2;1-4,7-8,22H,5-6,9-12H2;2-8H,9H2,1H3,(H,17,18,19,20);2-9H,10-11H2,1H3;1-2,4-5,7-9,16H,3,6H2;1H. The number of nitrogens with one attached hydrogen (secondary N) is 2. The Morgan fingerprint density at radius 1 is 0.565 bits per heavy atom. The fourth-order valence-corrected chi connectivity index (χ4v) is 16.3. The van der Waals surface area contributed by atoms with Crippen LogP contribution in [-0.4, -0.2) is 116 Å². The molecule has 0 amide bonds. The third kappa shape index (κ3) is 18.1. The Bertz CT molecular complexity index is 5160. The molecule has 4 aromatic heterocycles. The van der Waals surface area contributed by atoms with Gasteiger partial charge < -0.3 is 60.6 Å². The maximum atomic E-state index is 10.3. The van der Waals surface area contributed by atoms with Crippen LogP contribution in [0.2, 0.25) is 37.6 Å².